The molecule has 0 atom stereocenters. The molecule has 1 aromatic carbocycles. The van der Waals surface area contributed by atoms with Gasteiger partial charge in [0, 0.05) is 12.0 Å². The summed E-state index contributed by atoms with van der Waals surface area (Å²) in [6, 6.07) is 7.00. The maximum absolute atomic E-state index is 12.6. The van der Waals surface area contributed by atoms with E-state index < -0.39 is 6.61 Å². The Hall–Kier alpha value is -2.15. The molecule has 0 saturated heterocycles. The number of thiophene rings is 1. The molecular formula is C20H23F2NO3S. The van der Waals surface area contributed by atoms with Crippen molar-refractivity contribution in [1.29, 1.82) is 0 Å². The zero-order valence-corrected chi connectivity index (χ0v) is 16.2. The van der Waals surface area contributed by atoms with Gasteiger partial charge in [-0.2, -0.15) is 8.78 Å². The van der Waals surface area contributed by atoms with Gasteiger partial charge in [-0.15, -0.1) is 11.3 Å². The molecule has 1 N–H and O–H groups in total. The summed E-state index contributed by atoms with van der Waals surface area (Å²) in [5.74, 6) is 0.223. The SMILES string of the molecule is COc1cc(C2(CNC(=O)c3sccc3C)CCCC2)ccc1OC(F)F. The average molecular weight is 395 g/mol. The highest BCUT2D eigenvalue weighted by Crippen LogP contribution is 2.43. The van der Waals surface area contributed by atoms with Crippen LogP contribution in [0, 0.1) is 6.92 Å². The van der Waals surface area contributed by atoms with Gasteiger partial charge in [0.15, 0.2) is 11.5 Å². The van der Waals surface area contributed by atoms with Crippen molar-refractivity contribution in [3.8, 4) is 11.5 Å². The first-order chi connectivity index (χ1) is 12.9. The number of carbonyl (C=O) groups is 1. The molecule has 0 aliphatic heterocycles. The molecule has 1 heterocycles. The maximum Gasteiger partial charge on any atom is 0.387 e. The zero-order valence-electron chi connectivity index (χ0n) is 15.4. The van der Waals surface area contributed by atoms with E-state index in [-0.39, 0.29) is 22.8 Å². The molecule has 3 rings (SSSR count). The fourth-order valence-corrected chi connectivity index (χ4v) is 4.59. The molecule has 7 heteroatoms. The number of halogens is 2. The van der Waals surface area contributed by atoms with Gasteiger partial charge in [0.1, 0.15) is 0 Å². The fourth-order valence-electron chi connectivity index (χ4n) is 3.75. The molecule has 1 aliphatic carbocycles. The summed E-state index contributed by atoms with van der Waals surface area (Å²) in [7, 11) is 1.43. The van der Waals surface area contributed by atoms with E-state index in [1.165, 1.54) is 24.5 Å². The molecule has 4 nitrogen and oxygen atoms in total. The minimum atomic E-state index is -2.90. The van der Waals surface area contributed by atoms with Gasteiger partial charge in [0.25, 0.3) is 5.91 Å². The minimum absolute atomic E-state index is 0.0163. The van der Waals surface area contributed by atoms with Crippen LogP contribution in [-0.2, 0) is 5.41 Å². The van der Waals surface area contributed by atoms with Gasteiger partial charge < -0.3 is 14.8 Å². The number of benzene rings is 1. The number of hydrogen-bond acceptors (Lipinski definition) is 4. The predicted molar refractivity (Wildman–Crippen MR) is 101 cm³/mol. The van der Waals surface area contributed by atoms with Gasteiger partial charge in [0.2, 0.25) is 0 Å². The Kier molecular flexibility index (Phi) is 5.99. The average Bonchev–Trinajstić information content (AvgIpc) is 3.29. The zero-order chi connectivity index (χ0) is 19.4. The Labute approximate surface area is 161 Å². The molecule has 1 amide bonds. The summed E-state index contributed by atoms with van der Waals surface area (Å²) < 4.78 is 34.9. The maximum atomic E-state index is 12.6. The highest BCUT2D eigenvalue weighted by molar-refractivity contribution is 7.12. The van der Waals surface area contributed by atoms with Crippen LogP contribution < -0.4 is 14.8 Å². The van der Waals surface area contributed by atoms with Gasteiger partial charge in [-0.25, -0.2) is 0 Å². The van der Waals surface area contributed by atoms with Crippen LogP contribution in [0.4, 0.5) is 8.78 Å². The van der Waals surface area contributed by atoms with Crippen molar-refractivity contribution in [3.63, 3.8) is 0 Å². The van der Waals surface area contributed by atoms with Crippen molar-refractivity contribution in [1.82, 2.24) is 5.32 Å². The number of hydrogen-bond donors (Lipinski definition) is 1. The van der Waals surface area contributed by atoms with Crippen LogP contribution in [0.1, 0.15) is 46.5 Å². The molecule has 27 heavy (non-hydrogen) atoms. The lowest BCUT2D eigenvalue weighted by atomic mass is 9.78. The molecule has 0 bridgehead atoms. The third-order valence-corrected chi connectivity index (χ3v) is 6.22. The van der Waals surface area contributed by atoms with Gasteiger partial charge >= 0.3 is 6.61 Å². The van der Waals surface area contributed by atoms with E-state index in [4.69, 9.17) is 4.74 Å². The van der Waals surface area contributed by atoms with E-state index in [1.54, 1.807) is 12.1 Å². The van der Waals surface area contributed by atoms with E-state index >= 15 is 0 Å². The predicted octanol–water partition coefficient (Wildman–Crippen LogP) is 4.91. The fraction of sp³-hybridized carbons (Fsp3) is 0.450. The normalized spacial score (nSPS) is 15.7. The summed E-state index contributed by atoms with van der Waals surface area (Å²) in [5.41, 5.74) is 1.71. The number of amides is 1. The molecule has 0 unspecified atom stereocenters. The number of aryl methyl sites for hydroxylation is 1. The summed E-state index contributed by atoms with van der Waals surface area (Å²) in [6.45, 7) is -0.483. The number of carbonyl (C=O) groups excluding carboxylic acids is 1. The second-order valence-corrected chi connectivity index (χ2v) is 7.76. The van der Waals surface area contributed by atoms with Crippen molar-refractivity contribution >= 4 is 17.2 Å². The van der Waals surface area contributed by atoms with Crippen molar-refractivity contribution in [2.75, 3.05) is 13.7 Å². The Balaban J connectivity index is 1.82. The van der Waals surface area contributed by atoms with E-state index in [0.29, 0.717) is 6.54 Å². The largest absolute Gasteiger partial charge is 0.493 e. The van der Waals surface area contributed by atoms with E-state index in [2.05, 4.69) is 10.1 Å². The van der Waals surface area contributed by atoms with E-state index in [1.807, 2.05) is 18.4 Å². The standard InChI is InChI=1S/C20H23F2NO3S/c1-13-7-10-27-17(13)18(24)23-12-20(8-3-4-9-20)14-5-6-15(26-19(21)22)16(11-14)25-2/h5-7,10-11,19H,3-4,8-9,12H2,1-2H3,(H,23,24). The van der Waals surface area contributed by atoms with Crippen molar-refractivity contribution in [2.24, 2.45) is 0 Å². The van der Waals surface area contributed by atoms with E-state index in [0.717, 1.165) is 41.7 Å². The smallest absolute Gasteiger partial charge is 0.387 e. The highest BCUT2D eigenvalue weighted by Gasteiger charge is 2.37. The molecule has 1 aromatic heterocycles. The number of nitrogens with one attached hydrogen (secondary N) is 1. The third kappa shape index (κ3) is 4.24. The van der Waals surface area contributed by atoms with Crippen LogP contribution in [0.15, 0.2) is 29.6 Å². The molecule has 0 spiro atoms. The van der Waals surface area contributed by atoms with Gasteiger partial charge in [-0.1, -0.05) is 18.9 Å². The number of alkyl halides is 2. The Morgan fingerprint density at radius 3 is 2.59 bits per heavy atom. The summed E-state index contributed by atoms with van der Waals surface area (Å²) >= 11 is 1.43. The molecule has 2 aromatic rings. The Morgan fingerprint density at radius 2 is 2.00 bits per heavy atom. The van der Waals surface area contributed by atoms with E-state index in [9.17, 15) is 13.6 Å². The second-order valence-electron chi connectivity index (χ2n) is 6.85. The lowest BCUT2D eigenvalue weighted by Crippen LogP contribution is -2.39. The quantitative estimate of drug-likeness (QED) is 0.725. The summed E-state index contributed by atoms with van der Waals surface area (Å²) in [6.07, 6.45) is 3.97. The monoisotopic (exact) mass is 395 g/mol. The van der Waals surface area contributed by atoms with Crippen LogP contribution in [0.3, 0.4) is 0 Å². The first-order valence-corrected chi connectivity index (χ1v) is 9.79. The van der Waals surface area contributed by atoms with Crippen molar-refractivity contribution in [2.45, 2.75) is 44.6 Å². The van der Waals surface area contributed by atoms with Crippen molar-refractivity contribution in [3.05, 3.63) is 45.6 Å². The minimum Gasteiger partial charge on any atom is -0.493 e. The molecule has 0 radical (unpaired) electrons. The van der Waals surface area contributed by atoms with Crippen LogP contribution >= 0.6 is 11.3 Å². The summed E-state index contributed by atoms with van der Waals surface area (Å²) in [5, 5.41) is 4.98. The lowest BCUT2D eigenvalue weighted by Gasteiger charge is -2.30. The first kappa shape index (κ1) is 19.6. The summed E-state index contributed by atoms with van der Waals surface area (Å²) in [4.78, 5) is 13.3. The Morgan fingerprint density at radius 1 is 1.26 bits per heavy atom. The van der Waals surface area contributed by atoms with Gasteiger partial charge in [0.05, 0.1) is 12.0 Å². The third-order valence-electron chi connectivity index (χ3n) is 5.21. The topological polar surface area (TPSA) is 47.6 Å². The van der Waals surface area contributed by atoms with Gasteiger partial charge in [-0.05, 0) is 54.5 Å². The molecule has 1 fully saturated rings. The van der Waals surface area contributed by atoms with Crippen LogP contribution in [0.2, 0.25) is 0 Å². The van der Waals surface area contributed by atoms with Crippen LogP contribution in [0.5, 0.6) is 11.5 Å². The van der Waals surface area contributed by atoms with Gasteiger partial charge in [-0.3, -0.25) is 4.79 Å². The number of methoxy groups -OCH3 is 1. The first-order valence-electron chi connectivity index (χ1n) is 8.91. The Bertz CT molecular complexity index is 800. The molecular weight excluding hydrogens is 372 g/mol. The number of rotatable bonds is 7. The molecule has 146 valence electrons. The molecule has 1 aliphatic rings. The molecule has 1 saturated carbocycles. The number of ether oxygens (including phenoxy) is 2. The second kappa shape index (κ2) is 8.25. The van der Waals surface area contributed by atoms with Crippen molar-refractivity contribution < 1.29 is 23.0 Å². The van der Waals surface area contributed by atoms with Crippen LogP contribution in [-0.4, -0.2) is 26.2 Å². The van der Waals surface area contributed by atoms with Crippen LogP contribution in [0.25, 0.3) is 0 Å². The highest BCUT2D eigenvalue weighted by atomic mass is 32.1. The lowest BCUT2D eigenvalue weighted by molar-refractivity contribution is -0.0512.